The molecule has 0 aliphatic carbocycles. The molecule has 0 spiro atoms. The van der Waals surface area contributed by atoms with Crippen LogP contribution in [0.2, 0.25) is 0 Å². The third kappa shape index (κ3) is 5.96. The predicted molar refractivity (Wildman–Crippen MR) is 108 cm³/mol. The van der Waals surface area contributed by atoms with Gasteiger partial charge in [0.1, 0.15) is 0 Å². The van der Waals surface area contributed by atoms with E-state index >= 15 is 0 Å². The lowest BCUT2D eigenvalue weighted by Crippen LogP contribution is -2.20. The van der Waals surface area contributed by atoms with Gasteiger partial charge in [-0.25, -0.2) is 8.42 Å². The molecular formula is C21H25F3N2O2S. The number of halogens is 3. The molecule has 1 aliphatic heterocycles. The number of nitrogens with zero attached hydrogens (tertiary/aromatic N) is 1. The van der Waals surface area contributed by atoms with E-state index in [1.165, 1.54) is 29.8 Å². The van der Waals surface area contributed by atoms with Gasteiger partial charge in [-0.1, -0.05) is 31.2 Å². The van der Waals surface area contributed by atoms with Crippen molar-refractivity contribution in [1.29, 1.82) is 0 Å². The summed E-state index contributed by atoms with van der Waals surface area (Å²) in [5.41, 5.74) is 1.63. The van der Waals surface area contributed by atoms with Gasteiger partial charge in [-0.3, -0.25) is 4.72 Å². The molecule has 1 N–H and O–H groups in total. The molecule has 0 amide bonds. The van der Waals surface area contributed by atoms with E-state index in [9.17, 15) is 21.6 Å². The quantitative estimate of drug-likeness (QED) is 0.693. The Hall–Kier alpha value is -2.06. The molecule has 1 heterocycles. The van der Waals surface area contributed by atoms with Crippen LogP contribution in [0.1, 0.15) is 36.8 Å². The van der Waals surface area contributed by atoms with Gasteiger partial charge < -0.3 is 4.90 Å². The van der Waals surface area contributed by atoms with Gasteiger partial charge in [0, 0.05) is 12.2 Å². The Kier molecular flexibility index (Phi) is 6.53. The topological polar surface area (TPSA) is 49.4 Å². The largest absolute Gasteiger partial charge is 0.393 e. The van der Waals surface area contributed by atoms with Gasteiger partial charge in [0.25, 0.3) is 10.0 Å². The van der Waals surface area contributed by atoms with Gasteiger partial charge in [-0.2, -0.15) is 13.2 Å². The summed E-state index contributed by atoms with van der Waals surface area (Å²) >= 11 is 0. The minimum atomic E-state index is -4.33. The summed E-state index contributed by atoms with van der Waals surface area (Å²) in [6.07, 6.45) is -3.19. The first kappa shape index (κ1) is 21.6. The monoisotopic (exact) mass is 426 g/mol. The third-order valence-electron chi connectivity index (χ3n) is 5.08. The van der Waals surface area contributed by atoms with Crippen molar-refractivity contribution in [3.63, 3.8) is 0 Å². The second-order valence-corrected chi connectivity index (χ2v) is 9.13. The number of likely N-dealkylation sites (tertiary alicyclic amines) is 1. The van der Waals surface area contributed by atoms with E-state index in [1.807, 2.05) is 12.1 Å². The summed E-state index contributed by atoms with van der Waals surface area (Å²) in [6.45, 7) is 5.36. The molecule has 2 aromatic carbocycles. The fourth-order valence-electron chi connectivity index (χ4n) is 3.68. The van der Waals surface area contributed by atoms with E-state index in [2.05, 4.69) is 16.5 Å². The molecule has 8 heteroatoms. The van der Waals surface area contributed by atoms with Crippen LogP contribution in [0.3, 0.4) is 0 Å². The fraction of sp³-hybridized carbons (Fsp3) is 0.429. The average molecular weight is 427 g/mol. The van der Waals surface area contributed by atoms with Crippen molar-refractivity contribution in [2.45, 2.75) is 43.2 Å². The maximum Gasteiger partial charge on any atom is 0.393 e. The Bertz CT molecular complexity index is 910. The standard InChI is InChI=1S/C21H25F3N2O2S/c1-2-12-26-13-11-18(15-26)17-5-7-19(8-6-17)25-29(27,28)20-9-3-16(4-10-20)14-21(22,23)24/h3-10,18,25H,2,11-15H2,1H3/t18-/m1/s1. The highest BCUT2D eigenvalue weighted by atomic mass is 32.2. The molecule has 0 unspecified atom stereocenters. The maximum absolute atomic E-state index is 12.5. The maximum atomic E-state index is 12.5. The molecule has 3 rings (SSSR count). The zero-order valence-corrected chi connectivity index (χ0v) is 17.1. The van der Waals surface area contributed by atoms with Crippen LogP contribution in [-0.4, -0.2) is 39.1 Å². The van der Waals surface area contributed by atoms with Crippen molar-refractivity contribution < 1.29 is 21.6 Å². The first-order valence-corrected chi connectivity index (χ1v) is 11.2. The smallest absolute Gasteiger partial charge is 0.303 e. The van der Waals surface area contributed by atoms with Crippen LogP contribution in [0.4, 0.5) is 18.9 Å². The van der Waals surface area contributed by atoms with Gasteiger partial charge in [0.2, 0.25) is 0 Å². The van der Waals surface area contributed by atoms with E-state index in [0.29, 0.717) is 11.6 Å². The Balaban J connectivity index is 1.64. The number of hydrogen-bond donors (Lipinski definition) is 1. The molecule has 0 bridgehead atoms. The van der Waals surface area contributed by atoms with E-state index in [0.717, 1.165) is 32.5 Å². The fourth-order valence-corrected chi connectivity index (χ4v) is 4.74. The lowest BCUT2D eigenvalue weighted by molar-refractivity contribution is -0.127. The van der Waals surface area contributed by atoms with E-state index in [-0.39, 0.29) is 10.5 Å². The number of sulfonamides is 1. The molecule has 2 aromatic rings. The first-order chi connectivity index (χ1) is 13.7. The van der Waals surface area contributed by atoms with Crippen LogP contribution in [0.15, 0.2) is 53.4 Å². The Morgan fingerprint density at radius 2 is 1.72 bits per heavy atom. The van der Waals surface area contributed by atoms with Crippen molar-refractivity contribution in [2.75, 3.05) is 24.4 Å². The van der Waals surface area contributed by atoms with Gasteiger partial charge in [-0.05, 0) is 67.2 Å². The lowest BCUT2D eigenvalue weighted by Gasteiger charge is -2.15. The van der Waals surface area contributed by atoms with Crippen molar-refractivity contribution in [1.82, 2.24) is 4.90 Å². The van der Waals surface area contributed by atoms with Crippen LogP contribution < -0.4 is 4.72 Å². The summed E-state index contributed by atoms with van der Waals surface area (Å²) in [7, 11) is -3.86. The van der Waals surface area contributed by atoms with Crippen molar-refractivity contribution >= 4 is 15.7 Å². The molecule has 158 valence electrons. The molecule has 1 aliphatic rings. The number of rotatable bonds is 7. The van der Waals surface area contributed by atoms with Crippen LogP contribution >= 0.6 is 0 Å². The summed E-state index contributed by atoms with van der Waals surface area (Å²) in [6, 6.07) is 12.1. The number of nitrogens with one attached hydrogen (secondary N) is 1. The molecule has 29 heavy (non-hydrogen) atoms. The van der Waals surface area contributed by atoms with Gasteiger partial charge in [0.15, 0.2) is 0 Å². The van der Waals surface area contributed by atoms with Gasteiger partial charge >= 0.3 is 6.18 Å². The minimum Gasteiger partial charge on any atom is -0.303 e. The molecule has 4 nitrogen and oxygen atoms in total. The first-order valence-electron chi connectivity index (χ1n) is 9.67. The number of anilines is 1. The molecule has 0 saturated carbocycles. The van der Waals surface area contributed by atoms with E-state index in [1.54, 1.807) is 12.1 Å². The van der Waals surface area contributed by atoms with Gasteiger partial charge in [-0.15, -0.1) is 0 Å². The van der Waals surface area contributed by atoms with E-state index < -0.39 is 22.6 Å². The highest BCUT2D eigenvalue weighted by Gasteiger charge is 2.28. The molecule has 1 fully saturated rings. The van der Waals surface area contributed by atoms with Crippen LogP contribution in [0, 0.1) is 0 Å². The van der Waals surface area contributed by atoms with Gasteiger partial charge in [0.05, 0.1) is 11.3 Å². The highest BCUT2D eigenvalue weighted by molar-refractivity contribution is 7.92. The van der Waals surface area contributed by atoms with Crippen molar-refractivity contribution in [3.8, 4) is 0 Å². The summed E-state index contributed by atoms with van der Waals surface area (Å²) in [4.78, 5) is 2.36. The second-order valence-electron chi connectivity index (χ2n) is 7.45. The number of benzene rings is 2. The zero-order valence-electron chi connectivity index (χ0n) is 16.2. The van der Waals surface area contributed by atoms with Crippen molar-refractivity contribution in [3.05, 3.63) is 59.7 Å². The SMILES string of the molecule is CCCN1CC[C@@H](c2ccc(NS(=O)(=O)c3ccc(CC(F)(F)F)cc3)cc2)C1. The molecular weight excluding hydrogens is 401 g/mol. The molecule has 1 saturated heterocycles. The Morgan fingerprint density at radius 3 is 2.31 bits per heavy atom. The summed E-state index contributed by atoms with van der Waals surface area (Å²) in [5, 5.41) is 0. The molecule has 0 aromatic heterocycles. The van der Waals surface area contributed by atoms with Crippen LogP contribution in [-0.2, 0) is 16.4 Å². The Morgan fingerprint density at radius 1 is 1.07 bits per heavy atom. The zero-order chi connectivity index (χ0) is 21.1. The molecule has 1 atom stereocenters. The molecule has 0 radical (unpaired) electrons. The van der Waals surface area contributed by atoms with Crippen molar-refractivity contribution in [2.24, 2.45) is 0 Å². The number of alkyl halides is 3. The Labute approximate surface area is 169 Å². The average Bonchev–Trinajstić information content (AvgIpc) is 3.10. The van der Waals surface area contributed by atoms with Crippen LogP contribution in [0.5, 0.6) is 0 Å². The third-order valence-corrected chi connectivity index (χ3v) is 6.48. The van der Waals surface area contributed by atoms with Crippen LogP contribution in [0.25, 0.3) is 0 Å². The normalized spacial score (nSPS) is 18.1. The lowest BCUT2D eigenvalue weighted by atomic mass is 9.98. The minimum absolute atomic E-state index is 0.0227. The number of hydrogen-bond acceptors (Lipinski definition) is 3. The highest BCUT2D eigenvalue weighted by Crippen LogP contribution is 2.29. The predicted octanol–water partition coefficient (Wildman–Crippen LogP) is 4.79. The summed E-state index contributed by atoms with van der Waals surface area (Å²) < 4.78 is 64.8. The summed E-state index contributed by atoms with van der Waals surface area (Å²) in [5.74, 6) is 0.452. The van der Waals surface area contributed by atoms with E-state index in [4.69, 9.17) is 0 Å². The second kappa shape index (κ2) is 8.75.